The van der Waals surface area contributed by atoms with Gasteiger partial charge in [0, 0.05) is 10.9 Å². The number of halogens is 1. The van der Waals surface area contributed by atoms with Gasteiger partial charge in [-0.3, -0.25) is 0 Å². The molecular formula is C11H13BrN2OS2. The zero-order chi connectivity index (χ0) is 12.3. The van der Waals surface area contributed by atoms with Crippen molar-refractivity contribution in [3.8, 4) is 0 Å². The highest BCUT2D eigenvalue weighted by atomic mass is 79.9. The molecule has 0 amide bonds. The summed E-state index contributed by atoms with van der Waals surface area (Å²) >= 11 is 6.77. The van der Waals surface area contributed by atoms with Gasteiger partial charge in [0.1, 0.15) is 6.26 Å². The molecule has 0 aliphatic rings. The van der Waals surface area contributed by atoms with E-state index >= 15 is 0 Å². The van der Waals surface area contributed by atoms with Gasteiger partial charge < -0.3 is 10.2 Å². The number of nitrogens with zero attached hydrogens (tertiary/aromatic N) is 1. The molecule has 2 aromatic rings. The molecule has 3 nitrogen and oxygen atoms in total. The average molecular weight is 333 g/mol. The molecule has 17 heavy (non-hydrogen) atoms. The Bertz CT molecular complexity index is 458. The van der Waals surface area contributed by atoms with Crippen LogP contribution in [0.15, 0.2) is 38.0 Å². The number of thiophene rings is 1. The van der Waals surface area contributed by atoms with Crippen LogP contribution in [0.3, 0.4) is 0 Å². The molecule has 0 aliphatic carbocycles. The van der Waals surface area contributed by atoms with Crippen molar-refractivity contribution in [2.24, 2.45) is 5.73 Å². The van der Waals surface area contributed by atoms with Crippen LogP contribution in [0.25, 0.3) is 0 Å². The first-order chi connectivity index (χ1) is 8.20. The van der Waals surface area contributed by atoms with Crippen LogP contribution in [0, 0.1) is 0 Å². The number of rotatable bonds is 5. The summed E-state index contributed by atoms with van der Waals surface area (Å²) in [6, 6.07) is 4.24. The average Bonchev–Trinajstić information content (AvgIpc) is 2.96. The zero-order valence-corrected chi connectivity index (χ0v) is 12.5. The fourth-order valence-electron chi connectivity index (χ4n) is 1.43. The van der Waals surface area contributed by atoms with E-state index in [2.05, 4.69) is 33.9 Å². The van der Waals surface area contributed by atoms with Crippen molar-refractivity contribution >= 4 is 39.0 Å². The van der Waals surface area contributed by atoms with Gasteiger partial charge in [-0.25, -0.2) is 4.98 Å². The Morgan fingerprint density at radius 3 is 2.94 bits per heavy atom. The molecule has 2 unspecified atom stereocenters. The third-order valence-corrected chi connectivity index (χ3v) is 5.49. The zero-order valence-electron chi connectivity index (χ0n) is 9.30. The van der Waals surface area contributed by atoms with E-state index in [4.69, 9.17) is 10.2 Å². The lowest BCUT2D eigenvalue weighted by Gasteiger charge is -2.19. The highest BCUT2D eigenvalue weighted by molar-refractivity contribution is 9.11. The minimum atomic E-state index is 0.0949. The normalized spacial score (nSPS) is 14.8. The maximum Gasteiger partial charge on any atom is 0.256 e. The number of hydrogen-bond donors (Lipinski definition) is 1. The third-order valence-electron chi connectivity index (χ3n) is 2.37. The van der Waals surface area contributed by atoms with Gasteiger partial charge in [0.05, 0.1) is 15.2 Å². The lowest BCUT2D eigenvalue weighted by atomic mass is 10.1. The van der Waals surface area contributed by atoms with Crippen molar-refractivity contribution < 1.29 is 4.42 Å². The maximum absolute atomic E-state index is 6.18. The van der Waals surface area contributed by atoms with Crippen molar-refractivity contribution in [3.63, 3.8) is 0 Å². The number of aromatic nitrogens is 1. The Balaban J connectivity index is 2.19. The van der Waals surface area contributed by atoms with Crippen LogP contribution in [0.1, 0.15) is 23.5 Å². The van der Waals surface area contributed by atoms with Crippen LogP contribution < -0.4 is 5.73 Å². The molecule has 2 N–H and O–H groups in total. The minimum Gasteiger partial charge on any atom is -0.440 e. The minimum absolute atomic E-state index is 0.0949. The van der Waals surface area contributed by atoms with Gasteiger partial charge in [-0.2, -0.15) is 0 Å². The van der Waals surface area contributed by atoms with Gasteiger partial charge in [0.15, 0.2) is 0 Å². The summed E-state index contributed by atoms with van der Waals surface area (Å²) in [5.74, 6) is 0. The first-order valence-electron chi connectivity index (χ1n) is 5.27. The van der Waals surface area contributed by atoms with Crippen molar-refractivity contribution in [2.75, 3.05) is 0 Å². The summed E-state index contributed by atoms with van der Waals surface area (Å²) in [6.07, 6.45) is 4.16. The number of hydrogen-bond acceptors (Lipinski definition) is 5. The third kappa shape index (κ3) is 3.34. The molecule has 0 saturated carbocycles. The van der Waals surface area contributed by atoms with Crippen LogP contribution >= 0.6 is 39.0 Å². The second-order valence-corrected chi connectivity index (χ2v) is 7.14. The van der Waals surface area contributed by atoms with E-state index < -0.39 is 0 Å². The van der Waals surface area contributed by atoms with Crippen molar-refractivity contribution in [2.45, 2.75) is 29.9 Å². The monoisotopic (exact) mass is 332 g/mol. The van der Waals surface area contributed by atoms with Gasteiger partial charge >= 0.3 is 0 Å². The van der Waals surface area contributed by atoms with Crippen molar-refractivity contribution in [1.82, 2.24) is 4.98 Å². The molecule has 0 radical (unpaired) electrons. The molecular weight excluding hydrogens is 320 g/mol. The predicted molar refractivity (Wildman–Crippen MR) is 75.4 cm³/mol. The second kappa shape index (κ2) is 6.04. The largest absolute Gasteiger partial charge is 0.440 e. The van der Waals surface area contributed by atoms with E-state index in [9.17, 15) is 0 Å². The lowest BCUT2D eigenvalue weighted by molar-refractivity contribution is 0.451. The Kier molecular flexibility index (Phi) is 4.67. The van der Waals surface area contributed by atoms with Crippen LogP contribution in [0.5, 0.6) is 0 Å². The molecule has 0 spiro atoms. The molecule has 2 rings (SSSR count). The molecule has 6 heteroatoms. The Morgan fingerprint density at radius 1 is 1.59 bits per heavy atom. The van der Waals surface area contributed by atoms with Crippen LogP contribution in [0.2, 0.25) is 0 Å². The summed E-state index contributed by atoms with van der Waals surface area (Å²) in [6.45, 7) is 2.09. The number of nitrogens with two attached hydrogens (primary N) is 1. The van der Waals surface area contributed by atoms with Crippen LogP contribution in [-0.2, 0) is 0 Å². The van der Waals surface area contributed by atoms with Crippen molar-refractivity contribution in [1.29, 1.82) is 0 Å². The topological polar surface area (TPSA) is 52.0 Å². The fraction of sp³-hybridized carbons (Fsp3) is 0.364. The summed E-state index contributed by atoms with van der Waals surface area (Å²) in [5.41, 5.74) is 6.18. The SMILES string of the molecule is CCC(N)C(Sc1ncco1)c1ccc(Br)s1. The Morgan fingerprint density at radius 2 is 2.41 bits per heavy atom. The molecule has 0 saturated heterocycles. The highest BCUT2D eigenvalue weighted by Crippen LogP contribution is 2.41. The second-order valence-electron chi connectivity index (χ2n) is 3.55. The van der Waals surface area contributed by atoms with Crippen LogP contribution in [-0.4, -0.2) is 11.0 Å². The molecule has 92 valence electrons. The summed E-state index contributed by atoms with van der Waals surface area (Å²) < 4.78 is 6.40. The Labute approximate surface area is 117 Å². The number of oxazole rings is 1. The van der Waals surface area contributed by atoms with E-state index in [0.29, 0.717) is 5.22 Å². The summed E-state index contributed by atoms with van der Waals surface area (Å²) in [5, 5.41) is 0.860. The summed E-state index contributed by atoms with van der Waals surface area (Å²) in [4.78, 5) is 5.38. The van der Waals surface area contributed by atoms with Gasteiger partial charge in [-0.05, 0) is 34.5 Å². The van der Waals surface area contributed by atoms with Gasteiger partial charge in [0.25, 0.3) is 5.22 Å². The van der Waals surface area contributed by atoms with Crippen LogP contribution in [0.4, 0.5) is 0 Å². The first kappa shape index (κ1) is 13.1. The highest BCUT2D eigenvalue weighted by Gasteiger charge is 2.23. The molecule has 2 atom stereocenters. The molecule has 2 aromatic heterocycles. The van der Waals surface area contributed by atoms with E-state index in [0.717, 1.165) is 10.2 Å². The predicted octanol–water partition coefficient (Wildman–Crippen LogP) is 4.07. The lowest BCUT2D eigenvalue weighted by Crippen LogP contribution is -2.25. The van der Waals surface area contributed by atoms with Gasteiger partial charge in [0.2, 0.25) is 0 Å². The molecule has 0 bridgehead atoms. The smallest absolute Gasteiger partial charge is 0.256 e. The van der Waals surface area contributed by atoms with Crippen molar-refractivity contribution in [3.05, 3.63) is 33.3 Å². The van der Waals surface area contributed by atoms with E-state index in [-0.39, 0.29) is 11.3 Å². The fourth-order valence-corrected chi connectivity index (χ4v) is 4.21. The first-order valence-corrected chi connectivity index (χ1v) is 7.76. The van der Waals surface area contributed by atoms with Gasteiger partial charge in [-0.1, -0.05) is 18.7 Å². The standard InChI is InChI=1S/C11H13BrN2OS2/c1-2-7(13)10(8-3-4-9(12)16-8)17-11-14-5-6-15-11/h3-7,10H,2,13H2,1H3. The Hall–Kier alpha value is -0.300. The quantitative estimate of drug-likeness (QED) is 0.838. The molecule has 0 fully saturated rings. The van der Waals surface area contributed by atoms with Gasteiger partial charge in [-0.15, -0.1) is 11.3 Å². The molecule has 2 heterocycles. The molecule has 0 aromatic carbocycles. The van der Waals surface area contributed by atoms with E-state index in [1.807, 2.05) is 6.07 Å². The molecule has 0 aliphatic heterocycles. The summed E-state index contributed by atoms with van der Waals surface area (Å²) in [7, 11) is 0. The maximum atomic E-state index is 6.18. The number of thioether (sulfide) groups is 1. The van der Waals surface area contributed by atoms with E-state index in [1.165, 1.54) is 4.88 Å². The van der Waals surface area contributed by atoms with E-state index in [1.54, 1.807) is 35.6 Å².